The van der Waals surface area contributed by atoms with Crippen molar-refractivity contribution in [3.63, 3.8) is 0 Å². The van der Waals surface area contributed by atoms with Crippen LogP contribution in [-0.4, -0.2) is 23.5 Å². The van der Waals surface area contributed by atoms with Crippen molar-refractivity contribution in [2.75, 3.05) is 6.54 Å². The molecule has 1 rings (SSSR count). The van der Waals surface area contributed by atoms with E-state index >= 15 is 0 Å². The third-order valence-corrected chi connectivity index (χ3v) is 2.87. The molecule has 1 aromatic carbocycles. The predicted octanol–water partition coefficient (Wildman–Crippen LogP) is 2.71. The first-order chi connectivity index (χ1) is 8.90. The van der Waals surface area contributed by atoms with Crippen molar-refractivity contribution in [3.8, 4) is 0 Å². The highest BCUT2D eigenvalue weighted by atomic mass is 35.5. The van der Waals surface area contributed by atoms with Gasteiger partial charge in [-0.1, -0.05) is 18.5 Å². The van der Waals surface area contributed by atoms with E-state index in [1.54, 1.807) is 0 Å². The molecule has 104 valence electrons. The van der Waals surface area contributed by atoms with Crippen molar-refractivity contribution in [1.82, 2.24) is 5.32 Å². The molecule has 1 aromatic rings. The maximum Gasteiger partial charge on any atom is 0.303 e. The largest absolute Gasteiger partial charge is 0.481 e. The van der Waals surface area contributed by atoms with Crippen LogP contribution in [0.25, 0.3) is 0 Å². The lowest BCUT2D eigenvalue weighted by atomic mass is 10.1. The second-order valence-electron chi connectivity index (χ2n) is 4.37. The van der Waals surface area contributed by atoms with Crippen molar-refractivity contribution in [1.29, 1.82) is 0 Å². The van der Waals surface area contributed by atoms with Crippen LogP contribution in [0.3, 0.4) is 0 Å². The van der Waals surface area contributed by atoms with E-state index in [1.165, 1.54) is 12.1 Å². The van der Waals surface area contributed by atoms with E-state index in [1.807, 2.05) is 6.92 Å². The van der Waals surface area contributed by atoms with E-state index in [4.69, 9.17) is 16.7 Å². The number of amides is 1. The van der Waals surface area contributed by atoms with E-state index in [-0.39, 0.29) is 29.5 Å². The van der Waals surface area contributed by atoms with Gasteiger partial charge in [-0.2, -0.15) is 0 Å². The van der Waals surface area contributed by atoms with E-state index < -0.39 is 17.7 Å². The van der Waals surface area contributed by atoms with Gasteiger partial charge in [0, 0.05) is 18.0 Å². The van der Waals surface area contributed by atoms with Crippen LogP contribution in [0.15, 0.2) is 18.2 Å². The molecule has 1 atom stereocenters. The SMILES string of the molecule is CC(CCC(=O)O)CNC(=O)c1cc(Cl)ccc1F. The zero-order valence-electron chi connectivity index (χ0n) is 10.5. The topological polar surface area (TPSA) is 66.4 Å². The second kappa shape index (κ2) is 7.09. The fraction of sp³-hybridized carbons (Fsp3) is 0.385. The summed E-state index contributed by atoms with van der Waals surface area (Å²) < 4.78 is 13.4. The van der Waals surface area contributed by atoms with Gasteiger partial charge in [-0.3, -0.25) is 9.59 Å². The summed E-state index contributed by atoms with van der Waals surface area (Å²) in [7, 11) is 0. The number of hydrogen-bond acceptors (Lipinski definition) is 2. The Bertz CT molecular complexity index is 479. The van der Waals surface area contributed by atoms with Crippen molar-refractivity contribution >= 4 is 23.5 Å². The number of nitrogens with one attached hydrogen (secondary N) is 1. The number of halogens is 2. The molecule has 1 amide bonds. The van der Waals surface area contributed by atoms with Gasteiger partial charge >= 0.3 is 5.97 Å². The van der Waals surface area contributed by atoms with E-state index in [9.17, 15) is 14.0 Å². The molecule has 0 saturated carbocycles. The highest BCUT2D eigenvalue weighted by molar-refractivity contribution is 6.30. The number of carbonyl (C=O) groups is 2. The lowest BCUT2D eigenvalue weighted by Crippen LogP contribution is -2.29. The average Bonchev–Trinajstić information content (AvgIpc) is 2.36. The molecule has 0 aliphatic rings. The maximum atomic E-state index is 13.4. The number of hydrogen-bond donors (Lipinski definition) is 2. The van der Waals surface area contributed by atoms with Gasteiger partial charge in [0.2, 0.25) is 0 Å². The summed E-state index contributed by atoms with van der Waals surface area (Å²) >= 11 is 5.70. The van der Waals surface area contributed by atoms with Gasteiger partial charge < -0.3 is 10.4 Å². The Labute approximate surface area is 115 Å². The van der Waals surface area contributed by atoms with Gasteiger partial charge in [-0.15, -0.1) is 0 Å². The van der Waals surface area contributed by atoms with E-state index in [0.29, 0.717) is 6.42 Å². The van der Waals surface area contributed by atoms with Crippen LogP contribution in [-0.2, 0) is 4.79 Å². The Hall–Kier alpha value is -1.62. The minimum Gasteiger partial charge on any atom is -0.481 e. The lowest BCUT2D eigenvalue weighted by Gasteiger charge is -2.12. The zero-order valence-corrected chi connectivity index (χ0v) is 11.2. The Kier molecular flexibility index (Phi) is 5.76. The third kappa shape index (κ3) is 5.26. The normalized spacial score (nSPS) is 11.9. The third-order valence-electron chi connectivity index (χ3n) is 2.64. The van der Waals surface area contributed by atoms with Crippen molar-refractivity contribution < 1.29 is 19.1 Å². The van der Waals surface area contributed by atoms with Gasteiger partial charge in [0.15, 0.2) is 0 Å². The molecule has 6 heteroatoms. The molecule has 0 saturated heterocycles. The van der Waals surface area contributed by atoms with Crippen LogP contribution in [0.2, 0.25) is 5.02 Å². The predicted molar refractivity (Wildman–Crippen MR) is 69.8 cm³/mol. The van der Waals surface area contributed by atoms with Crippen molar-refractivity contribution in [2.24, 2.45) is 5.92 Å². The molecule has 19 heavy (non-hydrogen) atoms. The van der Waals surface area contributed by atoms with Crippen LogP contribution in [0.5, 0.6) is 0 Å². The number of benzene rings is 1. The Morgan fingerprint density at radius 3 is 2.79 bits per heavy atom. The number of carbonyl (C=O) groups excluding carboxylic acids is 1. The van der Waals surface area contributed by atoms with Crippen molar-refractivity contribution in [2.45, 2.75) is 19.8 Å². The van der Waals surface area contributed by atoms with Gasteiger partial charge in [0.25, 0.3) is 5.91 Å². The van der Waals surface area contributed by atoms with Crippen LogP contribution < -0.4 is 5.32 Å². The summed E-state index contributed by atoms with van der Waals surface area (Å²) in [5.41, 5.74) is -0.113. The first kappa shape index (κ1) is 15.4. The molecule has 0 aliphatic carbocycles. The fourth-order valence-corrected chi connectivity index (χ4v) is 1.68. The summed E-state index contributed by atoms with van der Waals surface area (Å²) in [6.07, 6.45) is 0.496. The highest BCUT2D eigenvalue weighted by Gasteiger charge is 2.13. The summed E-state index contributed by atoms with van der Waals surface area (Å²) in [5, 5.41) is 11.4. The monoisotopic (exact) mass is 287 g/mol. The second-order valence-corrected chi connectivity index (χ2v) is 4.81. The molecule has 1 unspecified atom stereocenters. The molecule has 0 bridgehead atoms. The molecule has 0 fully saturated rings. The van der Waals surface area contributed by atoms with Crippen LogP contribution in [0.4, 0.5) is 4.39 Å². The molecule has 0 aromatic heterocycles. The standard InChI is InChI=1S/C13H15ClFNO3/c1-8(2-5-12(17)18)7-16-13(19)10-6-9(14)3-4-11(10)15/h3-4,6,8H,2,5,7H2,1H3,(H,16,19)(H,17,18). The molecular weight excluding hydrogens is 273 g/mol. The molecular formula is C13H15ClFNO3. The molecule has 0 aliphatic heterocycles. The van der Waals surface area contributed by atoms with E-state index in [0.717, 1.165) is 6.07 Å². The zero-order chi connectivity index (χ0) is 14.4. The maximum absolute atomic E-state index is 13.4. The Morgan fingerprint density at radius 1 is 1.47 bits per heavy atom. The van der Waals surface area contributed by atoms with Gasteiger partial charge in [0.05, 0.1) is 5.56 Å². The molecule has 4 nitrogen and oxygen atoms in total. The molecule has 0 spiro atoms. The summed E-state index contributed by atoms with van der Waals surface area (Å²) in [6.45, 7) is 2.11. The minimum atomic E-state index is -0.876. The number of carboxylic acids is 1. The van der Waals surface area contributed by atoms with Gasteiger partial charge in [-0.05, 0) is 30.5 Å². The number of carboxylic acid groups (broad SMARTS) is 1. The molecule has 0 heterocycles. The Morgan fingerprint density at radius 2 is 2.16 bits per heavy atom. The van der Waals surface area contributed by atoms with E-state index in [2.05, 4.69) is 5.32 Å². The van der Waals surface area contributed by atoms with Gasteiger partial charge in [0.1, 0.15) is 5.82 Å². The Balaban J connectivity index is 2.51. The lowest BCUT2D eigenvalue weighted by molar-refractivity contribution is -0.137. The fourth-order valence-electron chi connectivity index (χ4n) is 1.51. The first-order valence-electron chi connectivity index (χ1n) is 5.85. The summed E-state index contributed by atoms with van der Waals surface area (Å²) in [4.78, 5) is 22.1. The summed E-state index contributed by atoms with van der Waals surface area (Å²) in [5.74, 6) is -2.07. The number of aliphatic carboxylic acids is 1. The first-order valence-corrected chi connectivity index (χ1v) is 6.23. The summed E-state index contributed by atoms with van der Waals surface area (Å²) in [6, 6.07) is 3.75. The number of rotatable bonds is 6. The van der Waals surface area contributed by atoms with Crippen molar-refractivity contribution in [3.05, 3.63) is 34.6 Å². The van der Waals surface area contributed by atoms with Gasteiger partial charge in [-0.25, -0.2) is 4.39 Å². The average molecular weight is 288 g/mol. The molecule has 0 radical (unpaired) electrons. The van der Waals surface area contributed by atoms with Crippen LogP contribution >= 0.6 is 11.6 Å². The minimum absolute atomic E-state index is 0.00213. The quantitative estimate of drug-likeness (QED) is 0.845. The van der Waals surface area contributed by atoms with Crippen LogP contribution in [0.1, 0.15) is 30.1 Å². The molecule has 2 N–H and O–H groups in total. The highest BCUT2D eigenvalue weighted by Crippen LogP contribution is 2.15. The smallest absolute Gasteiger partial charge is 0.303 e. The van der Waals surface area contributed by atoms with Crippen LogP contribution in [0, 0.1) is 11.7 Å².